The normalized spacial score (nSPS) is 34.6. The Morgan fingerprint density at radius 1 is 1.50 bits per heavy atom. The van der Waals surface area contributed by atoms with Crippen LogP contribution in [0.2, 0.25) is 0 Å². The molecule has 3 atom stereocenters. The van der Waals surface area contributed by atoms with Crippen molar-refractivity contribution in [3.05, 3.63) is 0 Å². The summed E-state index contributed by atoms with van der Waals surface area (Å²) in [4.78, 5) is 24.8. The minimum absolute atomic E-state index is 0.105. The lowest BCUT2D eigenvalue weighted by atomic mass is 9.89. The van der Waals surface area contributed by atoms with Gasteiger partial charge in [-0.2, -0.15) is 0 Å². The highest BCUT2D eigenvalue weighted by Gasteiger charge is 2.46. The molecule has 0 spiro atoms. The van der Waals surface area contributed by atoms with Crippen LogP contribution < -0.4 is 10.6 Å². The smallest absolute Gasteiger partial charge is 0.325 e. The SMILES string of the molecule is CCOC1CCNC2C1C(=O)NC(=O)N2C. The van der Waals surface area contributed by atoms with Crippen molar-refractivity contribution < 1.29 is 14.3 Å². The highest BCUT2D eigenvalue weighted by atomic mass is 16.5. The number of amides is 3. The number of nitrogens with zero attached hydrogens (tertiary/aromatic N) is 1. The van der Waals surface area contributed by atoms with E-state index in [4.69, 9.17) is 4.74 Å². The van der Waals surface area contributed by atoms with Crippen LogP contribution in [0.25, 0.3) is 0 Å². The van der Waals surface area contributed by atoms with Crippen molar-refractivity contribution in [3.63, 3.8) is 0 Å². The summed E-state index contributed by atoms with van der Waals surface area (Å²) in [6.45, 7) is 3.25. The molecule has 2 rings (SSSR count). The maximum Gasteiger partial charge on any atom is 0.325 e. The molecule has 0 saturated carbocycles. The van der Waals surface area contributed by atoms with Crippen molar-refractivity contribution in [2.24, 2.45) is 5.92 Å². The second-order valence-electron chi connectivity index (χ2n) is 4.11. The molecule has 2 aliphatic heterocycles. The molecule has 2 N–H and O–H groups in total. The summed E-state index contributed by atoms with van der Waals surface area (Å²) in [5, 5.41) is 5.53. The average molecular weight is 227 g/mol. The van der Waals surface area contributed by atoms with E-state index in [0.717, 1.165) is 13.0 Å². The zero-order valence-corrected chi connectivity index (χ0v) is 9.53. The fraction of sp³-hybridized carbons (Fsp3) is 0.800. The minimum atomic E-state index is -0.351. The van der Waals surface area contributed by atoms with Gasteiger partial charge in [-0.05, 0) is 19.9 Å². The van der Waals surface area contributed by atoms with Crippen LogP contribution >= 0.6 is 0 Å². The van der Waals surface area contributed by atoms with E-state index in [-0.39, 0.29) is 30.1 Å². The maximum atomic E-state index is 11.8. The Morgan fingerprint density at radius 3 is 2.94 bits per heavy atom. The number of hydrogen-bond donors (Lipinski definition) is 2. The van der Waals surface area contributed by atoms with Crippen molar-refractivity contribution in [2.75, 3.05) is 20.2 Å². The third kappa shape index (κ3) is 1.78. The lowest BCUT2D eigenvalue weighted by molar-refractivity contribution is -0.139. The van der Waals surface area contributed by atoms with Crippen LogP contribution in [0.4, 0.5) is 4.79 Å². The van der Waals surface area contributed by atoms with Crippen LogP contribution in [-0.2, 0) is 9.53 Å². The van der Waals surface area contributed by atoms with E-state index >= 15 is 0 Å². The molecule has 2 saturated heterocycles. The first kappa shape index (κ1) is 11.3. The summed E-state index contributed by atoms with van der Waals surface area (Å²) >= 11 is 0. The predicted molar refractivity (Wildman–Crippen MR) is 56.6 cm³/mol. The lowest BCUT2D eigenvalue weighted by Crippen LogP contribution is -2.68. The maximum absolute atomic E-state index is 11.8. The summed E-state index contributed by atoms with van der Waals surface area (Å²) in [7, 11) is 1.68. The first-order valence-electron chi connectivity index (χ1n) is 5.57. The number of ether oxygens (including phenoxy) is 1. The van der Waals surface area contributed by atoms with Gasteiger partial charge in [0.15, 0.2) is 0 Å². The van der Waals surface area contributed by atoms with E-state index in [2.05, 4.69) is 10.6 Å². The van der Waals surface area contributed by atoms with E-state index in [1.54, 1.807) is 7.05 Å². The first-order valence-corrected chi connectivity index (χ1v) is 5.57. The molecule has 0 aliphatic carbocycles. The van der Waals surface area contributed by atoms with Gasteiger partial charge < -0.3 is 9.64 Å². The van der Waals surface area contributed by atoms with Gasteiger partial charge in [-0.15, -0.1) is 0 Å². The Morgan fingerprint density at radius 2 is 2.25 bits per heavy atom. The lowest BCUT2D eigenvalue weighted by Gasteiger charge is -2.44. The zero-order chi connectivity index (χ0) is 11.7. The second kappa shape index (κ2) is 4.39. The third-order valence-electron chi connectivity index (χ3n) is 3.17. The van der Waals surface area contributed by atoms with Crippen LogP contribution in [0.3, 0.4) is 0 Å². The average Bonchev–Trinajstić information content (AvgIpc) is 2.26. The third-order valence-corrected chi connectivity index (χ3v) is 3.17. The summed E-state index contributed by atoms with van der Waals surface area (Å²) in [6.07, 6.45) is 0.447. The van der Waals surface area contributed by atoms with Gasteiger partial charge in [-0.1, -0.05) is 0 Å². The topological polar surface area (TPSA) is 70.7 Å². The molecule has 2 heterocycles. The quantitative estimate of drug-likeness (QED) is 0.667. The van der Waals surface area contributed by atoms with Crippen molar-refractivity contribution in [1.29, 1.82) is 0 Å². The molecular formula is C10H17N3O3. The molecule has 6 nitrogen and oxygen atoms in total. The van der Waals surface area contributed by atoms with Gasteiger partial charge in [0.2, 0.25) is 5.91 Å². The summed E-state index contributed by atoms with van der Waals surface area (Å²) in [6, 6.07) is -0.351. The molecule has 2 aliphatic rings. The van der Waals surface area contributed by atoms with Gasteiger partial charge in [0.05, 0.1) is 18.2 Å². The van der Waals surface area contributed by atoms with E-state index in [0.29, 0.717) is 6.61 Å². The van der Waals surface area contributed by atoms with Gasteiger partial charge in [-0.25, -0.2) is 4.79 Å². The minimum Gasteiger partial charge on any atom is -0.377 e. The number of fused-ring (bicyclic) bond motifs is 1. The van der Waals surface area contributed by atoms with Crippen molar-refractivity contribution in [2.45, 2.75) is 25.6 Å². The summed E-state index contributed by atoms with van der Waals surface area (Å²) in [5.74, 6) is -0.546. The number of piperidine rings is 1. The van der Waals surface area contributed by atoms with Crippen LogP contribution in [0.15, 0.2) is 0 Å². The number of urea groups is 1. The molecule has 16 heavy (non-hydrogen) atoms. The van der Waals surface area contributed by atoms with Gasteiger partial charge in [0.25, 0.3) is 0 Å². The van der Waals surface area contributed by atoms with E-state index in [1.165, 1.54) is 4.90 Å². The Kier molecular flexibility index (Phi) is 3.11. The van der Waals surface area contributed by atoms with Gasteiger partial charge in [0, 0.05) is 13.7 Å². The Labute approximate surface area is 94.3 Å². The van der Waals surface area contributed by atoms with Crippen LogP contribution in [0.1, 0.15) is 13.3 Å². The molecule has 6 heteroatoms. The molecule has 3 amide bonds. The number of rotatable bonds is 2. The van der Waals surface area contributed by atoms with Crippen molar-refractivity contribution in [3.8, 4) is 0 Å². The Hall–Kier alpha value is -1.14. The molecule has 2 fully saturated rings. The number of carbonyl (C=O) groups is 2. The Balaban J connectivity index is 2.18. The highest BCUT2D eigenvalue weighted by Crippen LogP contribution is 2.25. The second-order valence-corrected chi connectivity index (χ2v) is 4.11. The van der Waals surface area contributed by atoms with Crippen LogP contribution in [-0.4, -0.2) is 49.3 Å². The fourth-order valence-electron chi connectivity index (χ4n) is 2.38. The van der Waals surface area contributed by atoms with Crippen molar-refractivity contribution in [1.82, 2.24) is 15.5 Å². The van der Waals surface area contributed by atoms with Gasteiger partial charge in [-0.3, -0.25) is 15.4 Å². The molecule has 0 radical (unpaired) electrons. The first-order chi connectivity index (χ1) is 7.65. The Bertz CT molecular complexity index is 306. The number of nitrogens with one attached hydrogen (secondary N) is 2. The molecule has 0 aromatic rings. The zero-order valence-electron chi connectivity index (χ0n) is 9.53. The van der Waals surface area contributed by atoms with Gasteiger partial charge >= 0.3 is 6.03 Å². The highest BCUT2D eigenvalue weighted by molar-refractivity contribution is 5.98. The molecule has 90 valence electrons. The van der Waals surface area contributed by atoms with Crippen LogP contribution in [0, 0.1) is 5.92 Å². The van der Waals surface area contributed by atoms with Crippen molar-refractivity contribution >= 4 is 11.9 Å². The molecule has 0 aromatic heterocycles. The standard InChI is InChI=1S/C10H17N3O3/c1-3-16-6-4-5-11-8-7(6)9(14)12-10(15)13(8)2/h6-8,11H,3-5H2,1-2H3,(H,12,14,15). The van der Waals surface area contributed by atoms with E-state index < -0.39 is 0 Å². The summed E-state index contributed by atoms with van der Waals surface area (Å²) in [5.41, 5.74) is 0. The van der Waals surface area contributed by atoms with E-state index in [9.17, 15) is 9.59 Å². The fourth-order valence-corrected chi connectivity index (χ4v) is 2.38. The van der Waals surface area contributed by atoms with E-state index in [1.807, 2.05) is 6.92 Å². The summed E-state index contributed by atoms with van der Waals surface area (Å²) < 4.78 is 5.57. The molecule has 3 unspecified atom stereocenters. The molecular weight excluding hydrogens is 210 g/mol. The number of carbonyl (C=O) groups excluding carboxylic acids is 2. The molecule has 0 aromatic carbocycles. The van der Waals surface area contributed by atoms with Crippen LogP contribution in [0.5, 0.6) is 0 Å². The monoisotopic (exact) mass is 227 g/mol. The number of imide groups is 1. The number of hydrogen-bond acceptors (Lipinski definition) is 4. The van der Waals surface area contributed by atoms with Gasteiger partial charge in [0.1, 0.15) is 0 Å². The largest absolute Gasteiger partial charge is 0.377 e. The predicted octanol–water partition coefficient (Wildman–Crippen LogP) is -0.491. The molecule has 0 bridgehead atoms.